The number of pyridine rings is 1. The first kappa shape index (κ1) is 11.0. The molecule has 0 saturated heterocycles. The largest absolute Gasteiger partial charge is 0.438 e. The summed E-state index contributed by atoms with van der Waals surface area (Å²) in [5.41, 5.74) is 7.53. The molecule has 1 aromatic heterocycles. The van der Waals surface area contributed by atoms with Gasteiger partial charge in [-0.25, -0.2) is 4.98 Å². The Morgan fingerprint density at radius 2 is 1.94 bits per heavy atom. The van der Waals surface area contributed by atoms with Gasteiger partial charge in [-0.3, -0.25) is 0 Å². The lowest BCUT2D eigenvalue weighted by molar-refractivity contribution is 0.461. The zero-order valence-electron chi connectivity index (χ0n) is 9.34. The van der Waals surface area contributed by atoms with Crippen LogP contribution in [-0.4, -0.2) is 4.98 Å². The Morgan fingerprint density at radius 1 is 1.24 bits per heavy atom. The highest BCUT2D eigenvalue weighted by Crippen LogP contribution is 2.24. The molecule has 0 fully saturated rings. The fourth-order valence-corrected chi connectivity index (χ4v) is 1.39. The van der Waals surface area contributed by atoms with Crippen LogP contribution in [0, 0.1) is 18.3 Å². The summed E-state index contributed by atoms with van der Waals surface area (Å²) in [4.78, 5) is 4.05. The third-order valence-corrected chi connectivity index (χ3v) is 2.33. The van der Waals surface area contributed by atoms with Crippen molar-refractivity contribution in [1.82, 2.24) is 4.98 Å². The molecule has 2 aromatic rings. The highest BCUT2D eigenvalue weighted by Gasteiger charge is 2.08. The number of hydrogen-bond donors (Lipinski definition) is 1. The smallest absolute Gasteiger partial charge is 0.237 e. The van der Waals surface area contributed by atoms with Gasteiger partial charge < -0.3 is 10.5 Å². The van der Waals surface area contributed by atoms with Gasteiger partial charge in [0, 0.05) is 11.9 Å². The van der Waals surface area contributed by atoms with E-state index >= 15 is 0 Å². The molecule has 0 amide bonds. The summed E-state index contributed by atoms with van der Waals surface area (Å²) >= 11 is 0. The van der Waals surface area contributed by atoms with E-state index in [2.05, 4.69) is 11.1 Å². The van der Waals surface area contributed by atoms with Crippen molar-refractivity contribution in [1.29, 1.82) is 5.26 Å². The normalized spacial score (nSPS) is 9.65. The molecule has 0 aliphatic heterocycles. The fraction of sp³-hybridized carbons (Fsp3) is 0.0769. The molecule has 0 bridgehead atoms. The Hall–Kier alpha value is -2.54. The van der Waals surface area contributed by atoms with E-state index in [-0.39, 0.29) is 0 Å². The average Bonchev–Trinajstić information content (AvgIpc) is 2.32. The van der Waals surface area contributed by atoms with Gasteiger partial charge >= 0.3 is 0 Å². The summed E-state index contributed by atoms with van der Waals surface area (Å²) in [5.74, 6) is 0.922. The first-order chi connectivity index (χ1) is 8.20. The summed E-state index contributed by atoms with van der Waals surface area (Å²) in [5, 5.41) is 9.03. The summed E-state index contributed by atoms with van der Waals surface area (Å²) in [6.45, 7) is 1.84. The molecule has 1 aromatic carbocycles. The highest BCUT2D eigenvalue weighted by atomic mass is 16.5. The third kappa shape index (κ3) is 2.34. The Balaban J connectivity index is 2.34. The van der Waals surface area contributed by atoms with E-state index in [1.165, 1.54) is 0 Å². The molecular weight excluding hydrogens is 214 g/mol. The minimum absolute atomic E-state index is 0.317. The van der Waals surface area contributed by atoms with Crippen molar-refractivity contribution in [2.24, 2.45) is 0 Å². The fourth-order valence-electron chi connectivity index (χ4n) is 1.39. The van der Waals surface area contributed by atoms with Gasteiger partial charge in [0.05, 0.1) is 0 Å². The van der Waals surface area contributed by atoms with E-state index in [9.17, 15) is 0 Å². The predicted octanol–water partition coefficient (Wildman–Crippen LogP) is 2.64. The summed E-state index contributed by atoms with van der Waals surface area (Å²) in [6, 6.07) is 10.8. The van der Waals surface area contributed by atoms with Crippen molar-refractivity contribution in [3.63, 3.8) is 0 Å². The Bertz CT molecular complexity index is 570. The van der Waals surface area contributed by atoms with E-state index in [4.69, 9.17) is 15.7 Å². The maximum Gasteiger partial charge on any atom is 0.237 e. The molecule has 4 nitrogen and oxygen atoms in total. The maximum atomic E-state index is 9.03. The van der Waals surface area contributed by atoms with Crippen LogP contribution in [0.2, 0.25) is 0 Å². The zero-order valence-corrected chi connectivity index (χ0v) is 9.34. The molecule has 0 unspecified atom stereocenters. The molecule has 0 spiro atoms. The molecular formula is C13H11N3O. The molecule has 17 heavy (non-hydrogen) atoms. The third-order valence-electron chi connectivity index (χ3n) is 2.33. The molecule has 0 aliphatic carbocycles. The number of nitrogens with two attached hydrogens (primary N) is 1. The molecule has 1 heterocycles. The van der Waals surface area contributed by atoms with Gasteiger partial charge in [-0.1, -0.05) is 0 Å². The second-order valence-electron chi connectivity index (χ2n) is 3.59. The van der Waals surface area contributed by atoms with Gasteiger partial charge in [0.25, 0.3) is 0 Å². The van der Waals surface area contributed by atoms with Crippen molar-refractivity contribution >= 4 is 5.69 Å². The summed E-state index contributed by atoms with van der Waals surface area (Å²) < 4.78 is 5.55. The number of nitrogens with zero attached hydrogens (tertiary/aromatic N) is 2. The first-order valence-electron chi connectivity index (χ1n) is 5.10. The van der Waals surface area contributed by atoms with Crippen LogP contribution in [0.3, 0.4) is 0 Å². The lowest BCUT2D eigenvalue weighted by Gasteiger charge is -2.07. The number of anilines is 1. The molecule has 4 heteroatoms. The zero-order chi connectivity index (χ0) is 12.3. The Labute approximate surface area is 99.3 Å². The Kier molecular flexibility index (Phi) is 2.93. The number of aryl methyl sites for hydroxylation is 1. The van der Waals surface area contributed by atoms with Crippen LogP contribution in [0.25, 0.3) is 0 Å². The van der Waals surface area contributed by atoms with Gasteiger partial charge in [0.2, 0.25) is 5.88 Å². The SMILES string of the molecule is Cc1ccnc(Oc2ccc(N)cc2)c1C#N. The lowest BCUT2D eigenvalue weighted by Crippen LogP contribution is -1.94. The molecule has 2 N–H and O–H groups in total. The minimum atomic E-state index is 0.317. The predicted molar refractivity (Wildman–Crippen MR) is 64.6 cm³/mol. The number of nitrogen functional groups attached to an aromatic ring is 1. The summed E-state index contributed by atoms with van der Waals surface area (Å²) in [6.07, 6.45) is 1.61. The topological polar surface area (TPSA) is 71.9 Å². The van der Waals surface area contributed by atoms with Gasteiger partial charge in [0.15, 0.2) is 0 Å². The van der Waals surface area contributed by atoms with E-state index < -0.39 is 0 Å². The standard InChI is InChI=1S/C13H11N3O/c1-9-6-7-16-13(12(9)8-14)17-11-4-2-10(15)3-5-11/h2-7H,15H2,1H3. The number of rotatable bonds is 2. The van der Waals surface area contributed by atoms with Gasteiger partial charge in [0.1, 0.15) is 17.4 Å². The van der Waals surface area contributed by atoms with Crippen LogP contribution in [0.5, 0.6) is 11.6 Å². The van der Waals surface area contributed by atoms with Crippen LogP contribution < -0.4 is 10.5 Å². The van der Waals surface area contributed by atoms with Crippen LogP contribution in [-0.2, 0) is 0 Å². The molecule has 0 radical (unpaired) electrons. The highest BCUT2D eigenvalue weighted by molar-refractivity contribution is 5.47. The molecule has 84 valence electrons. The molecule has 2 rings (SSSR count). The number of ether oxygens (including phenoxy) is 1. The van der Waals surface area contributed by atoms with Crippen molar-refractivity contribution < 1.29 is 4.74 Å². The maximum absolute atomic E-state index is 9.03. The van der Waals surface area contributed by atoms with Crippen molar-refractivity contribution in [2.45, 2.75) is 6.92 Å². The number of hydrogen-bond acceptors (Lipinski definition) is 4. The molecule has 0 saturated carbocycles. The van der Waals surface area contributed by atoms with Gasteiger partial charge in [-0.2, -0.15) is 5.26 Å². The number of nitriles is 1. The van der Waals surface area contributed by atoms with Crippen molar-refractivity contribution in [2.75, 3.05) is 5.73 Å². The van der Waals surface area contributed by atoms with Crippen molar-refractivity contribution in [3.8, 4) is 17.7 Å². The molecule has 0 aliphatic rings. The van der Waals surface area contributed by atoms with Crippen molar-refractivity contribution in [3.05, 3.63) is 47.7 Å². The first-order valence-corrected chi connectivity index (χ1v) is 5.10. The van der Waals surface area contributed by atoms with Crippen LogP contribution >= 0.6 is 0 Å². The van der Waals surface area contributed by atoms with E-state index in [1.807, 2.05) is 6.92 Å². The van der Waals surface area contributed by atoms with Crippen LogP contribution in [0.15, 0.2) is 36.5 Å². The monoisotopic (exact) mass is 225 g/mol. The van der Waals surface area contributed by atoms with Crippen LogP contribution in [0.1, 0.15) is 11.1 Å². The summed E-state index contributed by atoms with van der Waals surface area (Å²) in [7, 11) is 0. The lowest BCUT2D eigenvalue weighted by atomic mass is 10.2. The number of benzene rings is 1. The molecule has 0 atom stereocenters. The number of aromatic nitrogens is 1. The second kappa shape index (κ2) is 4.54. The van der Waals surface area contributed by atoms with E-state index in [0.29, 0.717) is 22.9 Å². The van der Waals surface area contributed by atoms with E-state index in [1.54, 1.807) is 36.5 Å². The van der Waals surface area contributed by atoms with Gasteiger partial charge in [-0.05, 0) is 42.8 Å². The Morgan fingerprint density at radius 3 is 2.59 bits per heavy atom. The van der Waals surface area contributed by atoms with Crippen LogP contribution in [0.4, 0.5) is 5.69 Å². The minimum Gasteiger partial charge on any atom is -0.438 e. The quantitative estimate of drug-likeness (QED) is 0.797. The van der Waals surface area contributed by atoms with Gasteiger partial charge in [-0.15, -0.1) is 0 Å². The second-order valence-corrected chi connectivity index (χ2v) is 3.59. The van der Waals surface area contributed by atoms with E-state index in [0.717, 1.165) is 5.56 Å². The average molecular weight is 225 g/mol.